The number of H-pyrrole nitrogens is 1. The highest BCUT2D eigenvalue weighted by Gasteiger charge is 2.17. The number of fused-ring (bicyclic) bond motifs is 1. The first-order chi connectivity index (χ1) is 8.74. The first-order valence-electron chi connectivity index (χ1n) is 6.31. The zero-order valence-corrected chi connectivity index (χ0v) is 10.1. The minimum absolute atomic E-state index is 0.336. The number of nitrogens with one attached hydrogen (secondary N) is 2. The van der Waals surface area contributed by atoms with E-state index in [1.807, 2.05) is 12.1 Å². The molecule has 1 aliphatic carbocycles. The molecule has 0 aliphatic heterocycles. The summed E-state index contributed by atoms with van der Waals surface area (Å²) in [5.41, 5.74) is 2.10. The maximum atomic E-state index is 11.1. The van der Waals surface area contributed by atoms with Crippen molar-refractivity contribution in [2.45, 2.75) is 31.8 Å². The number of para-hydroxylation sites is 1. The van der Waals surface area contributed by atoms with Crippen molar-refractivity contribution < 1.29 is 9.90 Å². The molecule has 0 radical (unpaired) electrons. The van der Waals surface area contributed by atoms with Gasteiger partial charge in [0.2, 0.25) is 0 Å². The molecule has 1 heterocycles. The second-order valence-corrected chi connectivity index (χ2v) is 4.88. The van der Waals surface area contributed by atoms with Crippen molar-refractivity contribution in [3.05, 3.63) is 35.5 Å². The highest BCUT2D eigenvalue weighted by Crippen LogP contribution is 2.21. The number of carboxylic acids is 1. The SMILES string of the molecule is O=C(O)c1cccc2cc(CNC3CCC3)[nH]c12. The Morgan fingerprint density at radius 1 is 1.44 bits per heavy atom. The van der Waals surface area contributed by atoms with Crippen LogP contribution in [0.2, 0.25) is 0 Å². The molecular weight excluding hydrogens is 228 g/mol. The van der Waals surface area contributed by atoms with Gasteiger partial charge in [-0.25, -0.2) is 4.79 Å². The van der Waals surface area contributed by atoms with Gasteiger partial charge >= 0.3 is 5.97 Å². The van der Waals surface area contributed by atoms with Gasteiger partial charge in [-0.2, -0.15) is 0 Å². The van der Waals surface area contributed by atoms with E-state index in [0.29, 0.717) is 11.6 Å². The predicted octanol–water partition coefficient (Wildman–Crippen LogP) is 2.51. The number of carbonyl (C=O) groups is 1. The third-order valence-corrected chi connectivity index (χ3v) is 3.63. The molecule has 3 N–H and O–H groups in total. The molecular formula is C14H16N2O2. The lowest BCUT2D eigenvalue weighted by Crippen LogP contribution is -2.34. The van der Waals surface area contributed by atoms with Gasteiger partial charge < -0.3 is 15.4 Å². The monoisotopic (exact) mass is 244 g/mol. The van der Waals surface area contributed by atoms with Crippen LogP contribution in [-0.2, 0) is 6.54 Å². The van der Waals surface area contributed by atoms with Crippen LogP contribution in [0.25, 0.3) is 10.9 Å². The summed E-state index contributed by atoms with van der Waals surface area (Å²) in [7, 11) is 0. The number of hydrogen-bond acceptors (Lipinski definition) is 2. The fourth-order valence-corrected chi connectivity index (χ4v) is 2.35. The van der Waals surface area contributed by atoms with E-state index >= 15 is 0 Å². The fourth-order valence-electron chi connectivity index (χ4n) is 2.35. The van der Waals surface area contributed by atoms with Gasteiger partial charge in [0.15, 0.2) is 0 Å². The molecule has 3 rings (SSSR count). The first-order valence-corrected chi connectivity index (χ1v) is 6.31. The van der Waals surface area contributed by atoms with Crippen LogP contribution in [0.15, 0.2) is 24.3 Å². The molecule has 0 saturated heterocycles. The number of aromatic nitrogens is 1. The molecule has 1 fully saturated rings. The highest BCUT2D eigenvalue weighted by molar-refractivity contribution is 6.02. The normalized spacial score (nSPS) is 15.8. The number of benzene rings is 1. The largest absolute Gasteiger partial charge is 0.478 e. The summed E-state index contributed by atoms with van der Waals surface area (Å²) in [6.45, 7) is 0.776. The summed E-state index contributed by atoms with van der Waals surface area (Å²) in [6.07, 6.45) is 3.81. The van der Waals surface area contributed by atoms with Crippen LogP contribution in [0.1, 0.15) is 35.3 Å². The van der Waals surface area contributed by atoms with E-state index in [2.05, 4.69) is 10.3 Å². The molecule has 0 spiro atoms. The van der Waals surface area contributed by atoms with Crippen molar-refractivity contribution in [2.24, 2.45) is 0 Å². The minimum Gasteiger partial charge on any atom is -0.478 e. The van der Waals surface area contributed by atoms with Gasteiger partial charge in [0.25, 0.3) is 0 Å². The third kappa shape index (κ3) is 1.99. The van der Waals surface area contributed by atoms with Crippen LogP contribution >= 0.6 is 0 Å². The summed E-state index contributed by atoms with van der Waals surface area (Å²) in [6, 6.07) is 8.00. The Bertz CT molecular complexity index is 584. The van der Waals surface area contributed by atoms with E-state index < -0.39 is 5.97 Å². The van der Waals surface area contributed by atoms with E-state index in [1.165, 1.54) is 19.3 Å². The van der Waals surface area contributed by atoms with Gasteiger partial charge in [-0.1, -0.05) is 18.6 Å². The Labute approximate surface area is 105 Å². The molecule has 18 heavy (non-hydrogen) atoms. The maximum absolute atomic E-state index is 11.1. The number of carboxylic acid groups (broad SMARTS) is 1. The number of aromatic carboxylic acids is 1. The lowest BCUT2D eigenvalue weighted by Gasteiger charge is -2.26. The van der Waals surface area contributed by atoms with Crippen molar-refractivity contribution in [1.82, 2.24) is 10.3 Å². The second-order valence-electron chi connectivity index (χ2n) is 4.88. The lowest BCUT2D eigenvalue weighted by atomic mass is 9.93. The van der Waals surface area contributed by atoms with Crippen LogP contribution in [0.3, 0.4) is 0 Å². The molecule has 0 atom stereocenters. The third-order valence-electron chi connectivity index (χ3n) is 3.63. The molecule has 1 aromatic heterocycles. The topological polar surface area (TPSA) is 65.1 Å². The zero-order chi connectivity index (χ0) is 12.5. The molecule has 2 aromatic rings. The van der Waals surface area contributed by atoms with Gasteiger partial charge in [-0.05, 0) is 25.0 Å². The average molecular weight is 244 g/mol. The van der Waals surface area contributed by atoms with Gasteiger partial charge in [-0.15, -0.1) is 0 Å². The summed E-state index contributed by atoms with van der Waals surface area (Å²) < 4.78 is 0. The Morgan fingerprint density at radius 2 is 2.28 bits per heavy atom. The van der Waals surface area contributed by atoms with Crippen LogP contribution in [0.4, 0.5) is 0 Å². The number of aromatic amines is 1. The smallest absolute Gasteiger partial charge is 0.337 e. The summed E-state index contributed by atoms with van der Waals surface area (Å²) in [5.74, 6) is -0.888. The molecule has 4 heteroatoms. The standard InChI is InChI=1S/C14H16N2O2/c17-14(18)12-6-1-3-9-7-11(16-13(9)12)8-15-10-4-2-5-10/h1,3,6-7,10,15-16H,2,4-5,8H2,(H,17,18). The summed E-state index contributed by atoms with van der Waals surface area (Å²) in [5, 5.41) is 13.5. The number of rotatable bonds is 4. The Hall–Kier alpha value is -1.81. The molecule has 0 amide bonds. The van der Waals surface area contributed by atoms with E-state index in [4.69, 9.17) is 5.11 Å². The Morgan fingerprint density at radius 3 is 2.94 bits per heavy atom. The Kier molecular flexibility index (Phi) is 2.80. The molecule has 1 saturated carbocycles. The minimum atomic E-state index is -0.888. The van der Waals surface area contributed by atoms with Crippen LogP contribution in [0, 0.1) is 0 Å². The van der Waals surface area contributed by atoms with E-state index in [1.54, 1.807) is 12.1 Å². The quantitative estimate of drug-likeness (QED) is 0.774. The van der Waals surface area contributed by atoms with Gasteiger partial charge in [0.1, 0.15) is 0 Å². The molecule has 1 aliphatic rings. The van der Waals surface area contributed by atoms with Crippen molar-refractivity contribution in [3.63, 3.8) is 0 Å². The predicted molar refractivity (Wildman–Crippen MR) is 69.7 cm³/mol. The van der Waals surface area contributed by atoms with Crippen molar-refractivity contribution in [1.29, 1.82) is 0 Å². The maximum Gasteiger partial charge on any atom is 0.337 e. The van der Waals surface area contributed by atoms with E-state index in [9.17, 15) is 4.79 Å². The van der Waals surface area contributed by atoms with Crippen molar-refractivity contribution in [3.8, 4) is 0 Å². The Balaban J connectivity index is 1.85. The summed E-state index contributed by atoms with van der Waals surface area (Å²) >= 11 is 0. The van der Waals surface area contributed by atoms with Crippen LogP contribution in [0.5, 0.6) is 0 Å². The second kappa shape index (κ2) is 4.46. The van der Waals surface area contributed by atoms with Gasteiger partial charge in [-0.3, -0.25) is 0 Å². The highest BCUT2D eigenvalue weighted by atomic mass is 16.4. The van der Waals surface area contributed by atoms with Crippen LogP contribution in [-0.4, -0.2) is 22.1 Å². The molecule has 4 nitrogen and oxygen atoms in total. The first kappa shape index (κ1) is 11.3. The van der Waals surface area contributed by atoms with E-state index in [0.717, 1.165) is 23.1 Å². The van der Waals surface area contributed by atoms with Crippen LogP contribution < -0.4 is 5.32 Å². The summed E-state index contributed by atoms with van der Waals surface area (Å²) in [4.78, 5) is 14.3. The van der Waals surface area contributed by atoms with E-state index in [-0.39, 0.29) is 0 Å². The van der Waals surface area contributed by atoms with Crippen molar-refractivity contribution >= 4 is 16.9 Å². The van der Waals surface area contributed by atoms with Gasteiger partial charge in [0, 0.05) is 23.7 Å². The fraction of sp³-hybridized carbons (Fsp3) is 0.357. The van der Waals surface area contributed by atoms with Gasteiger partial charge in [0.05, 0.1) is 11.1 Å². The molecule has 1 aromatic carbocycles. The number of hydrogen-bond donors (Lipinski definition) is 3. The molecule has 94 valence electrons. The molecule has 0 bridgehead atoms. The average Bonchev–Trinajstić information content (AvgIpc) is 2.68. The lowest BCUT2D eigenvalue weighted by molar-refractivity contribution is 0.0699. The molecule has 0 unspecified atom stereocenters. The zero-order valence-electron chi connectivity index (χ0n) is 10.1. The van der Waals surface area contributed by atoms with Crippen molar-refractivity contribution in [2.75, 3.05) is 0 Å².